The van der Waals surface area contributed by atoms with Gasteiger partial charge in [-0.2, -0.15) is 0 Å². The van der Waals surface area contributed by atoms with E-state index >= 15 is 0 Å². The number of methoxy groups -OCH3 is 1. The van der Waals surface area contributed by atoms with E-state index in [1.807, 2.05) is 0 Å². The van der Waals surface area contributed by atoms with E-state index in [4.69, 9.17) is 9.47 Å². The molecule has 1 aliphatic heterocycles. The van der Waals surface area contributed by atoms with Gasteiger partial charge in [0.1, 0.15) is 0 Å². The summed E-state index contributed by atoms with van der Waals surface area (Å²) in [7, 11) is 1.80. The number of ether oxygens (including phenoxy) is 2. The average Bonchev–Trinajstić information content (AvgIpc) is 3.02. The molecule has 1 aliphatic carbocycles. The first-order valence-corrected chi connectivity index (χ1v) is 7.48. The fourth-order valence-electron chi connectivity index (χ4n) is 4.32. The molecule has 4 rings (SSSR count). The van der Waals surface area contributed by atoms with Crippen LogP contribution in [0.5, 0.6) is 0 Å². The summed E-state index contributed by atoms with van der Waals surface area (Å²) in [6, 6.07) is 15.4. The molecule has 0 aromatic heterocycles. The van der Waals surface area contributed by atoms with E-state index in [1.165, 1.54) is 29.2 Å². The smallest absolute Gasteiger partial charge is 0.177 e. The summed E-state index contributed by atoms with van der Waals surface area (Å²) in [4.78, 5) is 0. The van der Waals surface area contributed by atoms with Gasteiger partial charge in [0.05, 0.1) is 12.0 Å². The van der Waals surface area contributed by atoms with Crippen LogP contribution in [0.15, 0.2) is 42.5 Å². The summed E-state index contributed by atoms with van der Waals surface area (Å²) >= 11 is 0. The maximum Gasteiger partial charge on any atom is 0.177 e. The van der Waals surface area contributed by atoms with Gasteiger partial charge in [-0.3, -0.25) is 0 Å². The molecule has 0 amide bonds. The summed E-state index contributed by atoms with van der Waals surface area (Å²) in [6.45, 7) is 0.806. The molecule has 2 nitrogen and oxygen atoms in total. The zero-order valence-electron chi connectivity index (χ0n) is 11.9. The molecule has 1 saturated carbocycles. The molecule has 0 bridgehead atoms. The van der Waals surface area contributed by atoms with E-state index in [0.29, 0.717) is 0 Å². The van der Waals surface area contributed by atoms with Gasteiger partial charge in [-0.1, -0.05) is 42.5 Å². The maximum absolute atomic E-state index is 6.06. The Morgan fingerprint density at radius 3 is 2.70 bits per heavy atom. The fraction of sp³-hybridized carbons (Fsp3) is 0.444. The Kier molecular flexibility index (Phi) is 2.66. The van der Waals surface area contributed by atoms with Crippen LogP contribution >= 0.6 is 0 Å². The zero-order chi connectivity index (χ0) is 13.6. The molecule has 1 saturated heterocycles. The van der Waals surface area contributed by atoms with Gasteiger partial charge >= 0.3 is 0 Å². The van der Waals surface area contributed by atoms with Crippen molar-refractivity contribution in [3.05, 3.63) is 48.0 Å². The van der Waals surface area contributed by atoms with Gasteiger partial charge in [0.2, 0.25) is 0 Å². The molecule has 0 spiro atoms. The Morgan fingerprint density at radius 1 is 1.00 bits per heavy atom. The van der Waals surface area contributed by atoms with E-state index in [1.54, 1.807) is 7.11 Å². The quantitative estimate of drug-likeness (QED) is 0.819. The molecule has 2 atom stereocenters. The van der Waals surface area contributed by atoms with Gasteiger partial charge in [-0.25, -0.2) is 0 Å². The first-order valence-electron chi connectivity index (χ1n) is 7.48. The maximum atomic E-state index is 6.06. The van der Waals surface area contributed by atoms with Gasteiger partial charge in [0, 0.05) is 13.5 Å². The monoisotopic (exact) mass is 268 g/mol. The standard InChI is InChI=1S/C18H20O2/c1-19-18-10-4-9-17(18,11-12-20-18)16-8-7-14-5-2-3-6-15(14)13-16/h2-3,5-8,13H,4,9-12H2,1H3. The lowest BCUT2D eigenvalue weighted by molar-refractivity contribution is -0.213. The van der Waals surface area contributed by atoms with E-state index in [0.717, 1.165) is 19.4 Å². The second-order valence-electron chi connectivity index (χ2n) is 6.05. The first-order chi connectivity index (χ1) is 9.80. The molecular formula is C18H20O2. The molecule has 2 aromatic rings. The molecule has 1 heterocycles. The Balaban J connectivity index is 1.89. The minimum Gasteiger partial charge on any atom is -0.352 e. The third-order valence-electron chi connectivity index (χ3n) is 5.33. The molecule has 2 fully saturated rings. The predicted molar refractivity (Wildman–Crippen MR) is 79.8 cm³/mol. The predicted octanol–water partition coefficient (Wildman–Crippen LogP) is 4.02. The highest BCUT2D eigenvalue weighted by Gasteiger charge is 2.60. The van der Waals surface area contributed by atoms with Crippen LogP contribution in [0.25, 0.3) is 10.8 Å². The lowest BCUT2D eigenvalue weighted by Crippen LogP contribution is -2.45. The summed E-state index contributed by atoms with van der Waals surface area (Å²) in [5.74, 6) is -0.393. The molecule has 2 heteroatoms. The van der Waals surface area contributed by atoms with Gasteiger partial charge in [-0.15, -0.1) is 0 Å². The Labute approximate surface area is 119 Å². The zero-order valence-corrected chi connectivity index (χ0v) is 11.9. The van der Waals surface area contributed by atoms with E-state index < -0.39 is 5.79 Å². The van der Waals surface area contributed by atoms with Crippen molar-refractivity contribution in [1.29, 1.82) is 0 Å². The average molecular weight is 268 g/mol. The van der Waals surface area contributed by atoms with E-state index in [-0.39, 0.29) is 5.41 Å². The van der Waals surface area contributed by atoms with Crippen molar-refractivity contribution in [2.24, 2.45) is 0 Å². The van der Waals surface area contributed by atoms with Crippen molar-refractivity contribution >= 4 is 10.8 Å². The summed E-state index contributed by atoms with van der Waals surface area (Å²) in [5, 5.41) is 2.61. The summed E-state index contributed by atoms with van der Waals surface area (Å²) in [6.07, 6.45) is 4.43. The van der Waals surface area contributed by atoms with Crippen molar-refractivity contribution in [3.8, 4) is 0 Å². The van der Waals surface area contributed by atoms with Crippen LogP contribution in [0.3, 0.4) is 0 Å². The fourth-order valence-corrected chi connectivity index (χ4v) is 4.32. The van der Waals surface area contributed by atoms with Crippen molar-refractivity contribution < 1.29 is 9.47 Å². The minimum atomic E-state index is -0.393. The third kappa shape index (κ3) is 1.46. The molecular weight excluding hydrogens is 248 g/mol. The van der Waals surface area contributed by atoms with Crippen molar-refractivity contribution in [1.82, 2.24) is 0 Å². The minimum absolute atomic E-state index is 0.0474. The van der Waals surface area contributed by atoms with Gasteiger partial charge < -0.3 is 9.47 Å². The summed E-state index contributed by atoms with van der Waals surface area (Å²) in [5.41, 5.74) is 1.43. The van der Waals surface area contributed by atoms with Crippen molar-refractivity contribution in [3.63, 3.8) is 0 Å². The number of fused-ring (bicyclic) bond motifs is 2. The topological polar surface area (TPSA) is 18.5 Å². The molecule has 20 heavy (non-hydrogen) atoms. The van der Waals surface area contributed by atoms with Crippen LogP contribution in [-0.2, 0) is 14.9 Å². The van der Waals surface area contributed by atoms with Crippen LogP contribution in [0.2, 0.25) is 0 Å². The molecule has 2 aromatic carbocycles. The number of benzene rings is 2. The van der Waals surface area contributed by atoms with E-state index in [2.05, 4.69) is 42.5 Å². The lowest BCUT2D eigenvalue weighted by Gasteiger charge is -2.38. The number of rotatable bonds is 2. The Bertz CT molecular complexity index is 637. The second-order valence-corrected chi connectivity index (χ2v) is 6.05. The van der Waals surface area contributed by atoms with Crippen LogP contribution < -0.4 is 0 Å². The van der Waals surface area contributed by atoms with Crippen LogP contribution in [0.1, 0.15) is 31.2 Å². The molecule has 0 N–H and O–H groups in total. The second kappa shape index (κ2) is 4.31. The molecule has 2 unspecified atom stereocenters. The van der Waals surface area contributed by atoms with E-state index in [9.17, 15) is 0 Å². The SMILES string of the molecule is COC12CCCC1(c1ccc3ccccc3c1)CCO2. The number of hydrogen-bond acceptors (Lipinski definition) is 2. The first kappa shape index (κ1) is 12.4. The Morgan fingerprint density at radius 2 is 1.85 bits per heavy atom. The van der Waals surface area contributed by atoms with Crippen LogP contribution in [-0.4, -0.2) is 19.5 Å². The Hall–Kier alpha value is -1.38. The highest BCUT2D eigenvalue weighted by atomic mass is 16.7. The molecule has 0 radical (unpaired) electrons. The van der Waals surface area contributed by atoms with Crippen molar-refractivity contribution in [2.45, 2.75) is 36.9 Å². The number of hydrogen-bond donors (Lipinski definition) is 0. The highest BCUT2D eigenvalue weighted by molar-refractivity contribution is 5.83. The molecule has 104 valence electrons. The normalized spacial score (nSPS) is 32.6. The highest BCUT2D eigenvalue weighted by Crippen LogP contribution is 2.57. The van der Waals surface area contributed by atoms with Crippen LogP contribution in [0, 0.1) is 0 Å². The molecule has 2 aliphatic rings. The van der Waals surface area contributed by atoms with Gasteiger partial charge in [-0.05, 0) is 35.6 Å². The van der Waals surface area contributed by atoms with Gasteiger partial charge in [0.15, 0.2) is 5.79 Å². The largest absolute Gasteiger partial charge is 0.352 e. The summed E-state index contributed by atoms with van der Waals surface area (Å²) < 4.78 is 11.9. The van der Waals surface area contributed by atoms with Gasteiger partial charge in [0.25, 0.3) is 0 Å². The lowest BCUT2D eigenvalue weighted by atomic mass is 9.73. The third-order valence-corrected chi connectivity index (χ3v) is 5.33. The van der Waals surface area contributed by atoms with Crippen LogP contribution in [0.4, 0.5) is 0 Å². The van der Waals surface area contributed by atoms with Crippen molar-refractivity contribution in [2.75, 3.05) is 13.7 Å².